The van der Waals surface area contributed by atoms with Crippen LogP contribution in [0.4, 0.5) is 0 Å². The van der Waals surface area contributed by atoms with Crippen LogP contribution >= 0.6 is 0 Å². The Kier molecular flexibility index (Phi) is 2.15. The third kappa shape index (κ3) is 1.34. The molecule has 82 valence electrons. The molecule has 1 aliphatic rings. The maximum atomic E-state index is 11.2. The minimum absolute atomic E-state index is 0.425. The fourth-order valence-corrected chi connectivity index (χ4v) is 2.49. The predicted octanol–water partition coefficient (Wildman–Crippen LogP) is 2.72. The first-order valence-electron chi connectivity index (χ1n) is 5.49. The van der Waals surface area contributed by atoms with Gasteiger partial charge < -0.3 is 4.79 Å². The lowest BCUT2D eigenvalue weighted by Crippen LogP contribution is -2.10. The van der Waals surface area contributed by atoms with Crippen molar-refractivity contribution in [2.45, 2.75) is 5.92 Å². The van der Waals surface area contributed by atoms with Crippen molar-refractivity contribution >= 4 is 29.4 Å². The van der Waals surface area contributed by atoms with E-state index in [1.807, 2.05) is 36.4 Å². The highest BCUT2D eigenvalue weighted by molar-refractivity contribution is 6.04. The normalized spacial score (nSPS) is 17.6. The maximum absolute atomic E-state index is 11.2. The van der Waals surface area contributed by atoms with Crippen molar-refractivity contribution in [2.24, 2.45) is 0 Å². The lowest BCUT2D eigenvalue weighted by molar-refractivity contribution is -0.110. The summed E-state index contributed by atoms with van der Waals surface area (Å²) in [6.45, 7) is 0. The molecule has 1 unspecified atom stereocenters. The van der Waals surface area contributed by atoms with Crippen molar-refractivity contribution in [2.75, 3.05) is 0 Å². The van der Waals surface area contributed by atoms with Crippen LogP contribution in [-0.4, -0.2) is 12.6 Å². The van der Waals surface area contributed by atoms with E-state index in [4.69, 9.17) is 0 Å². The summed E-state index contributed by atoms with van der Waals surface area (Å²) in [5.41, 5.74) is 2.47. The SMILES string of the molecule is O=CC1=Cc2cccc3cccc(c23)C1C=O. The number of carbonyl (C=O) groups is 2. The molecule has 0 N–H and O–H groups in total. The summed E-state index contributed by atoms with van der Waals surface area (Å²) < 4.78 is 0. The smallest absolute Gasteiger partial charge is 0.147 e. The molecule has 2 aromatic rings. The van der Waals surface area contributed by atoms with Gasteiger partial charge in [0.05, 0.1) is 5.92 Å². The lowest BCUT2D eigenvalue weighted by Gasteiger charge is -2.20. The molecule has 0 aliphatic heterocycles. The van der Waals surface area contributed by atoms with E-state index < -0.39 is 5.92 Å². The van der Waals surface area contributed by atoms with Gasteiger partial charge in [-0.05, 0) is 28.0 Å². The summed E-state index contributed by atoms with van der Waals surface area (Å²) in [5, 5.41) is 2.19. The van der Waals surface area contributed by atoms with E-state index in [9.17, 15) is 9.59 Å². The largest absolute Gasteiger partial charge is 0.302 e. The monoisotopic (exact) mass is 222 g/mol. The summed E-state index contributed by atoms with van der Waals surface area (Å²) >= 11 is 0. The van der Waals surface area contributed by atoms with Crippen LogP contribution in [0.5, 0.6) is 0 Å². The molecular weight excluding hydrogens is 212 g/mol. The molecule has 3 rings (SSSR count). The second kappa shape index (κ2) is 3.67. The van der Waals surface area contributed by atoms with Crippen molar-refractivity contribution < 1.29 is 9.59 Å². The van der Waals surface area contributed by atoms with Gasteiger partial charge >= 0.3 is 0 Å². The van der Waals surface area contributed by atoms with Gasteiger partial charge in [0, 0.05) is 5.57 Å². The summed E-state index contributed by atoms with van der Waals surface area (Å²) in [6.07, 6.45) is 3.42. The van der Waals surface area contributed by atoms with Crippen molar-refractivity contribution in [3.05, 3.63) is 53.1 Å². The molecule has 0 amide bonds. The number of aldehydes is 2. The highest BCUT2D eigenvalue weighted by Crippen LogP contribution is 2.36. The van der Waals surface area contributed by atoms with Crippen molar-refractivity contribution in [3.63, 3.8) is 0 Å². The Morgan fingerprint density at radius 3 is 2.47 bits per heavy atom. The fourth-order valence-electron chi connectivity index (χ4n) is 2.49. The average molecular weight is 222 g/mol. The molecule has 17 heavy (non-hydrogen) atoms. The Morgan fingerprint density at radius 1 is 1.00 bits per heavy atom. The quantitative estimate of drug-likeness (QED) is 0.732. The first kappa shape index (κ1) is 9.97. The van der Waals surface area contributed by atoms with Crippen LogP contribution in [0.1, 0.15) is 17.0 Å². The van der Waals surface area contributed by atoms with Crippen molar-refractivity contribution in [3.8, 4) is 0 Å². The van der Waals surface area contributed by atoms with Gasteiger partial charge in [0.15, 0.2) is 0 Å². The molecule has 0 heterocycles. The van der Waals surface area contributed by atoms with Gasteiger partial charge in [0.25, 0.3) is 0 Å². The van der Waals surface area contributed by atoms with E-state index in [-0.39, 0.29) is 0 Å². The second-order valence-electron chi connectivity index (χ2n) is 4.17. The third-order valence-electron chi connectivity index (χ3n) is 3.26. The molecule has 2 nitrogen and oxygen atoms in total. The molecule has 0 saturated heterocycles. The van der Waals surface area contributed by atoms with Crippen molar-refractivity contribution in [1.29, 1.82) is 0 Å². The molecule has 2 aromatic carbocycles. The van der Waals surface area contributed by atoms with E-state index in [0.717, 1.165) is 34.5 Å². The van der Waals surface area contributed by atoms with Crippen LogP contribution in [0.2, 0.25) is 0 Å². The van der Waals surface area contributed by atoms with Gasteiger partial charge in [-0.25, -0.2) is 0 Å². The summed E-state index contributed by atoms with van der Waals surface area (Å²) in [7, 11) is 0. The summed E-state index contributed by atoms with van der Waals surface area (Å²) in [6, 6.07) is 11.8. The maximum Gasteiger partial charge on any atom is 0.147 e. The predicted molar refractivity (Wildman–Crippen MR) is 66.8 cm³/mol. The van der Waals surface area contributed by atoms with Gasteiger partial charge in [-0.2, -0.15) is 0 Å². The highest BCUT2D eigenvalue weighted by Gasteiger charge is 2.23. The molecule has 0 aromatic heterocycles. The van der Waals surface area contributed by atoms with E-state index in [2.05, 4.69) is 0 Å². The fraction of sp³-hybridized carbons (Fsp3) is 0.0667. The zero-order valence-electron chi connectivity index (χ0n) is 9.09. The molecule has 1 atom stereocenters. The van der Waals surface area contributed by atoms with E-state index in [0.29, 0.717) is 5.57 Å². The first-order chi connectivity index (χ1) is 8.35. The summed E-state index contributed by atoms with van der Waals surface area (Å²) in [5.74, 6) is -0.425. The second-order valence-corrected chi connectivity index (χ2v) is 4.17. The van der Waals surface area contributed by atoms with Gasteiger partial charge in [-0.1, -0.05) is 36.4 Å². The molecule has 0 radical (unpaired) electrons. The van der Waals surface area contributed by atoms with Crippen LogP contribution < -0.4 is 0 Å². The topological polar surface area (TPSA) is 34.1 Å². The lowest BCUT2D eigenvalue weighted by atomic mass is 9.82. The van der Waals surface area contributed by atoms with Crippen LogP contribution in [0, 0.1) is 0 Å². The van der Waals surface area contributed by atoms with Crippen LogP contribution in [-0.2, 0) is 9.59 Å². The van der Waals surface area contributed by atoms with E-state index >= 15 is 0 Å². The van der Waals surface area contributed by atoms with Crippen LogP contribution in [0.15, 0.2) is 42.0 Å². The summed E-state index contributed by atoms with van der Waals surface area (Å²) in [4.78, 5) is 22.2. The number of rotatable bonds is 2. The molecule has 0 saturated carbocycles. The minimum atomic E-state index is -0.425. The Balaban J connectivity index is 2.44. The van der Waals surface area contributed by atoms with E-state index in [1.165, 1.54) is 0 Å². The first-order valence-corrected chi connectivity index (χ1v) is 5.49. The molecule has 2 heteroatoms. The standard InChI is InChI=1S/C15H10O2/c16-8-12-7-11-5-1-3-10-4-2-6-13(15(10)11)14(12)9-17/h1-9,14H. The third-order valence-corrected chi connectivity index (χ3v) is 3.26. The minimum Gasteiger partial charge on any atom is -0.302 e. The Hall–Kier alpha value is -2.22. The van der Waals surface area contributed by atoms with Crippen LogP contribution in [0.25, 0.3) is 16.8 Å². The zero-order valence-corrected chi connectivity index (χ0v) is 9.09. The van der Waals surface area contributed by atoms with Crippen molar-refractivity contribution in [1.82, 2.24) is 0 Å². The molecular formula is C15H10O2. The molecule has 0 bridgehead atoms. The Labute approximate surface area is 98.6 Å². The number of hydrogen-bond donors (Lipinski definition) is 0. The highest BCUT2D eigenvalue weighted by atomic mass is 16.1. The number of hydrogen-bond acceptors (Lipinski definition) is 2. The van der Waals surface area contributed by atoms with Gasteiger partial charge in [-0.3, -0.25) is 4.79 Å². The van der Waals surface area contributed by atoms with Gasteiger partial charge in [-0.15, -0.1) is 0 Å². The van der Waals surface area contributed by atoms with Gasteiger partial charge in [0.2, 0.25) is 0 Å². The number of allylic oxidation sites excluding steroid dienone is 1. The Bertz CT molecular complexity index is 648. The molecule has 1 aliphatic carbocycles. The molecule has 0 spiro atoms. The average Bonchev–Trinajstić information content (AvgIpc) is 2.39. The molecule has 0 fully saturated rings. The van der Waals surface area contributed by atoms with Gasteiger partial charge in [0.1, 0.15) is 12.6 Å². The van der Waals surface area contributed by atoms with E-state index in [1.54, 1.807) is 6.08 Å². The Morgan fingerprint density at radius 2 is 1.76 bits per heavy atom. The number of benzene rings is 2. The van der Waals surface area contributed by atoms with Crippen LogP contribution in [0.3, 0.4) is 0 Å². The zero-order chi connectivity index (χ0) is 11.8. The number of carbonyl (C=O) groups excluding carboxylic acids is 2.